The fourth-order valence-corrected chi connectivity index (χ4v) is 1.65. The van der Waals surface area contributed by atoms with Gasteiger partial charge in [-0.05, 0) is 19.0 Å². The molecule has 0 saturated heterocycles. The number of rotatable bonds is 2. The maximum Gasteiger partial charge on any atom is 0.216 e. The van der Waals surface area contributed by atoms with E-state index in [-0.39, 0.29) is 16.7 Å². The van der Waals surface area contributed by atoms with Crippen LogP contribution in [-0.2, 0) is 4.94 Å². The van der Waals surface area contributed by atoms with Crippen LogP contribution in [0.2, 0.25) is 0 Å². The predicted molar refractivity (Wildman–Crippen MR) is 76.4 cm³/mol. The summed E-state index contributed by atoms with van der Waals surface area (Å²) < 4.78 is 0. The molecule has 2 N–H and O–H groups in total. The van der Waals surface area contributed by atoms with E-state index in [1.54, 1.807) is 31.2 Å². The molecule has 0 amide bonds. The summed E-state index contributed by atoms with van der Waals surface area (Å²) in [4.78, 5) is 32.4. The van der Waals surface area contributed by atoms with Crippen LogP contribution in [-0.4, -0.2) is 17.5 Å². The van der Waals surface area contributed by atoms with E-state index in [4.69, 9.17) is 0 Å². The molecule has 7 nitrogen and oxygen atoms in total. The normalized spacial score (nSPS) is 11.6. The highest BCUT2D eigenvalue weighted by Gasteiger charge is 2.09. The van der Waals surface area contributed by atoms with Gasteiger partial charge in [-0.25, -0.2) is 9.93 Å². The zero-order chi connectivity index (χ0) is 13.8. The third-order valence-corrected chi connectivity index (χ3v) is 2.45. The van der Waals surface area contributed by atoms with E-state index in [9.17, 15) is 9.59 Å². The minimum Gasteiger partial charge on any atom is -0.412 e. The first-order chi connectivity index (χ1) is 9.15. The zero-order valence-electron chi connectivity index (χ0n) is 11.0. The van der Waals surface area contributed by atoms with Gasteiger partial charge in [0.1, 0.15) is 0 Å². The van der Waals surface area contributed by atoms with Crippen molar-refractivity contribution in [2.75, 3.05) is 0 Å². The van der Waals surface area contributed by atoms with Crippen LogP contribution in [0.4, 0.5) is 0 Å². The van der Waals surface area contributed by atoms with Crippen LogP contribution >= 0.6 is 0 Å². The minimum absolute atomic E-state index is 0. The van der Waals surface area contributed by atoms with E-state index in [1.165, 1.54) is 13.1 Å². The molecule has 0 heterocycles. The van der Waals surface area contributed by atoms with Gasteiger partial charge in [0.25, 0.3) is 0 Å². The Morgan fingerprint density at radius 3 is 2.20 bits per heavy atom. The largest absolute Gasteiger partial charge is 0.412 e. The molecular weight excluding hydrogens is 262 g/mol. The highest BCUT2D eigenvalue weighted by molar-refractivity contribution is 5.85. The lowest BCUT2D eigenvalue weighted by molar-refractivity contribution is 0.156. The Bertz CT molecular complexity index is 764. The van der Waals surface area contributed by atoms with Crippen LogP contribution in [0.1, 0.15) is 13.8 Å². The topological polar surface area (TPSA) is 112 Å². The molecule has 0 bridgehead atoms. The third kappa shape index (κ3) is 2.83. The zero-order valence-corrected chi connectivity index (χ0v) is 11.0. The molecule has 2 rings (SSSR count). The molecule has 0 aliphatic rings. The van der Waals surface area contributed by atoms with Gasteiger partial charge in [0.2, 0.25) is 10.9 Å². The minimum atomic E-state index is -0.394. The number of nitrogens with zero attached hydrogens (tertiary/aromatic N) is 3. The first kappa shape index (κ1) is 15.4. The summed E-state index contributed by atoms with van der Waals surface area (Å²) in [6.07, 6.45) is 1.41. The standard InChI is InChI=1S/C13H11N3O3.H2O/c1-3-14-19-16-8(2)15-11-12(17)9-6-4-5-7-10(9)13(11)18;/h3-7H,1-2H3;1H2/b14-3+,16-8+;. The van der Waals surface area contributed by atoms with Crippen molar-refractivity contribution in [3.05, 3.63) is 50.1 Å². The fourth-order valence-electron chi connectivity index (χ4n) is 1.65. The summed E-state index contributed by atoms with van der Waals surface area (Å²) in [7, 11) is 0. The summed E-state index contributed by atoms with van der Waals surface area (Å²) in [5.41, 5.74) is -0.789. The summed E-state index contributed by atoms with van der Waals surface area (Å²) in [6.45, 7) is 3.18. The molecule has 0 unspecified atom stereocenters. The van der Waals surface area contributed by atoms with E-state index >= 15 is 0 Å². The predicted octanol–water partition coefficient (Wildman–Crippen LogP) is -0.132. The van der Waals surface area contributed by atoms with E-state index in [0.29, 0.717) is 10.8 Å². The van der Waals surface area contributed by atoms with Gasteiger partial charge < -0.3 is 5.48 Å². The molecule has 0 radical (unpaired) electrons. The van der Waals surface area contributed by atoms with Gasteiger partial charge in [0, 0.05) is 17.0 Å². The Hall–Kier alpha value is -2.67. The van der Waals surface area contributed by atoms with Gasteiger partial charge in [-0.3, -0.25) is 9.59 Å². The second-order valence-electron chi connectivity index (χ2n) is 3.75. The quantitative estimate of drug-likeness (QED) is 0.432. The van der Waals surface area contributed by atoms with Gasteiger partial charge in [0.05, 0.1) is 0 Å². The van der Waals surface area contributed by atoms with Crippen molar-refractivity contribution >= 4 is 22.8 Å². The van der Waals surface area contributed by atoms with Crippen molar-refractivity contribution in [3.63, 3.8) is 0 Å². The number of oxime groups is 2. The fraction of sp³-hybridized carbons (Fsp3) is 0.154. The lowest BCUT2D eigenvalue weighted by Gasteiger charge is -1.87. The smallest absolute Gasteiger partial charge is 0.216 e. The highest BCUT2D eigenvalue weighted by atomic mass is 16.8. The van der Waals surface area contributed by atoms with Gasteiger partial charge in [-0.2, -0.15) is 0 Å². The SMILES string of the molecule is C/C=N/O/N=C(\C)N=c1c(=O)c2ccccc2c1=O.O. The lowest BCUT2D eigenvalue weighted by Crippen LogP contribution is -2.32. The number of hydrogen-bond donors (Lipinski definition) is 0. The van der Waals surface area contributed by atoms with Gasteiger partial charge in [-0.1, -0.05) is 29.4 Å². The Kier molecular flexibility index (Phi) is 4.99. The molecule has 0 aliphatic heterocycles. The average Bonchev–Trinajstić information content (AvgIpc) is 2.65. The summed E-state index contributed by atoms with van der Waals surface area (Å²) in [5, 5.41) is 7.54. The molecule has 2 aromatic rings. The molecule has 7 heteroatoms. The van der Waals surface area contributed by atoms with Crippen molar-refractivity contribution in [2.24, 2.45) is 15.3 Å². The Morgan fingerprint density at radius 1 is 1.15 bits per heavy atom. The Morgan fingerprint density at radius 2 is 1.70 bits per heavy atom. The molecule has 0 saturated carbocycles. The number of fused-ring (bicyclic) bond motifs is 1. The molecule has 2 aromatic carbocycles. The van der Waals surface area contributed by atoms with E-state index < -0.39 is 10.9 Å². The van der Waals surface area contributed by atoms with Crippen LogP contribution in [0.3, 0.4) is 0 Å². The van der Waals surface area contributed by atoms with E-state index in [0.717, 1.165) is 0 Å². The lowest BCUT2D eigenvalue weighted by atomic mass is 10.2. The number of benzene rings is 1. The molecular formula is C13H13N3O4. The summed E-state index contributed by atoms with van der Waals surface area (Å²) in [5.74, 6) is 0.148. The summed E-state index contributed by atoms with van der Waals surface area (Å²) >= 11 is 0. The summed E-state index contributed by atoms with van der Waals surface area (Å²) in [6, 6.07) is 6.60. The second-order valence-corrected chi connectivity index (χ2v) is 3.75. The monoisotopic (exact) mass is 275 g/mol. The molecule has 0 aromatic heterocycles. The molecule has 0 spiro atoms. The van der Waals surface area contributed by atoms with Crippen molar-refractivity contribution < 1.29 is 10.4 Å². The molecule has 104 valence electrons. The first-order valence-corrected chi connectivity index (χ1v) is 5.61. The third-order valence-electron chi connectivity index (χ3n) is 2.45. The number of hydrogen-bond acceptors (Lipinski definition) is 5. The van der Waals surface area contributed by atoms with Crippen LogP contribution in [0.15, 0.2) is 49.2 Å². The van der Waals surface area contributed by atoms with Crippen LogP contribution < -0.4 is 16.2 Å². The Balaban J connectivity index is 0.00000200. The molecule has 0 atom stereocenters. The van der Waals surface area contributed by atoms with E-state index in [2.05, 4.69) is 20.2 Å². The van der Waals surface area contributed by atoms with Crippen molar-refractivity contribution in [2.45, 2.75) is 13.8 Å². The first-order valence-electron chi connectivity index (χ1n) is 5.61. The Labute approximate surface area is 113 Å². The van der Waals surface area contributed by atoms with Gasteiger partial charge >= 0.3 is 0 Å². The van der Waals surface area contributed by atoms with Crippen LogP contribution in [0.25, 0.3) is 10.8 Å². The second kappa shape index (κ2) is 6.48. The van der Waals surface area contributed by atoms with Crippen molar-refractivity contribution in [3.8, 4) is 0 Å². The number of amidine groups is 1. The average molecular weight is 275 g/mol. The van der Waals surface area contributed by atoms with Gasteiger partial charge in [0.15, 0.2) is 11.2 Å². The van der Waals surface area contributed by atoms with Crippen LogP contribution in [0, 0.1) is 0 Å². The van der Waals surface area contributed by atoms with Crippen LogP contribution in [0.5, 0.6) is 0 Å². The van der Waals surface area contributed by atoms with Crippen molar-refractivity contribution in [1.82, 2.24) is 0 Å². The molecule has 0 aliphatic carbocycles. The van der Waals surface area contributed by atoms with Gasteiger partial charge in [-0.15, -0.1) is 0 Å². The van der Waals surface area contributed by atoms with E-state index in [1.807, 2.05) is 0 Å². The molecule has 0 fully saturated rings. The van der Waals surface area contributed by atoms with Crippen molar-refractivity contribution in [1.29, 1.82) is 0 Å². The maximum absolute atomic E-state index is 12.0. The highest BCUT2D eigenvalue weighted by Crippen LogP contribution is 2.01. The maximum atomic E-state index is 12.0. The molecule has 20 heavy (non-hydrogen) atoms.